The fourth-order valence-corrected chi connectivity index (χ4v) is 7.27. The highest BCUT2D eigenvalue weighted by Crippen LogP contribution is 2.51. The van der Waals surface area contributed by atoms with Gasteiger partial charge in [-0.05, 0) is 89.9 Å². The average Bonchev–Trinajstić information content (AvgIpc) is 2.77. The van der Waals surface area contributed by atoms with Crippen molar-refractivity contribution < 1.29 is 18.3 Å². The molecule has 1 fully saturated rings. The van der Waals surface area contributed by atoms with Crippen molar-refractivity contribution in [1.29, 1.82) is 0 Å². The van der Waals surface area contributed by atoms with Gasteiger partial charge in [-0.3, -0.25) is 0 Å². The van der Waals surface area contributed by atoms with Crippen LogP contribution < -0.4 is 9.64 Å². The number of piperidine rings is 1. The second kappa shape index (κ2) is 10.5. The highest BCUT2D eigenvalue weighted by Gasteiger charge is 2.29. The van der Waals surface area contributed by atoms with Crippen LogP contribution in [0.15, 0.2) is 51.1 Å². The summed E-state index contributed by atoms with van der Waals surface area (Å²) in [5.74, 6) is 1.23. The zero-order valence-corrected chi connectivity index (χ0v) is 22.2. The standard InChI is InChI=1S/C26H36N2O4S2/c1-18(2)32-21-9-10-24-23(17-21)28(14-6-13-27-15-11-20(12-16-27)19(3)29)22-7-5-8-25(26(22)33-24)34(4,30)31/h5,7-10,17-20,29H,6,11-16H2,1-4H3. The molecule has 0 bridgehead atoms. The van der Waals surface area contributed by atoms with Gasteiger partial charge in [-0.25, -0.2) is 8.42 Å². The SMILES string of the molecule is CC(C)Oc1ccc2c(c1)N(CCCN1CCC(C(C)O)CC1)c1cccc(S(C)(=O)=O)c1S2. The number of nitrogens with zero attached hydrogens (tertiary/aromatic N) is 2. The average molecular weight is 505 g/mol. The first-order valence-corrected chi connectivity index (χ1v) is 14.8. The van der Waals surface area contributed by atoms with Gasteiger partial charge in [0.15, 0.2) is 9.84 Å². The van der Waals surface area contributed by atoms with Crippen molar-refractivity contribution in [3.8, 4) is 5.75 Å². The van der Waals surface area contributed by atoms with Gasteiger partial charge >= 0.3 is 0 Å². The van der Waals surface area contributed by atoms with Crippen molar-refractivity contribution >= 4 is 33.0 Å². The quantitative estimate of drug-likeness (QED) is 0.545. The number of aliphatic hydroxyl groups excluding tert-OH is 1. The maximum atomic E-state index is 12.5. The van der Waals surface area contributed by atoms with E-state index >= 15 is 0 Å². The molecule has 1 N–H and O–H groups in total. The van der Waals surface area contributed by atoms with E-state index in [1.54, 1.807) is 6.07 Å². The smallest absolute Gasteiger partial charge is 0.176 e. The second-order valence-electron chi connectivity index (χ2n) is 9.70. The molecule has 1 unspecified atom stereocenters. The van der Waals surface area contributed by atoms with Gasteiger partial charge in [0.2, 0.25) is 0 Å². The van der Waals surface area contributed by atoms with E-state index in [4.69, 9.17) is 4.74 Å². The molecule has 0 aromatic heterocycles. The van der Waals surface area contributed by atoms with Crippen molar-refractivity contribution in [2.24, 2.45) is 5.92 Å². The molecule has 2 aliphatic rings. The number of likely N-dealkylation sites (tertiary alicyclic amines) is 1. The summed E-state index contributed by atoms with van der Waals surface area (Å²) in [5, 5.41) is 9.87. The highest BCUT2D eigenvalue weighted by atomic mass is 32.2. The van der Waals surface area contributed by atoms with Crippen LogP contribution in [-0.2, 0) is 9.84 Å². The van der Waals surface area contributed by atoms with Crippen LogP contribution in [0.25, 0.3) is 0 Å². The number of ether oxygens (including phenoxy) is 1. The topological polar surface area (TPSA) is 70.1 Å². The third kappa shape index (κ3) is 5.73. The van der Waals surface area contributed by atoms with Gasteiger partial charge in [0.05, 0.1) is 33.4 Å². The summed E-state index contributed by atoms with van der Waals surface area (Å²) < 4.78 is 31.0. The van der Waals surface area contributed by atoms with Crippen LogP contribution in [0.1, 0.15) is 40.0 Å². The van der Waals surface area contributed by atoms with Crippen LogP contribution >= 0.6 is 11.8 Å². The van der Waals surface area contributed by atoms with Gasteiger partial charge in [0.25, 0.3) is 0 Å². The lowest BCUT2D eigenvalue weighted by molar-refractivity contribution is 0.0717. The summed E-state index contributed by atoms with van der Waals surface area (Å²) in [7, 11) is -3.35. The first-order valence-electron chi connectivity index (χ1n) is 12.1. The molecule has 4 rings (SSSR count). The molecule has 0 radical (unpaired) electrons. The monoisotopic (exact) mass is 504 g/mol. The number of benzene rings is 2. The molecular formula is C26H36N2O4S2. The Morgan fingerprint density at radius 2 is 1.82 bits per heavy atom. The third-order valence-corrected chi connectivity index (χ3v) is 9.09. The molecule has 2 aromatic carbocycles. The predicted molar refractivity (Wildman–Crippen MR) is 138 cm³/mol. The number of fused-ring (bicyclic) bond motifs is 2. The number of hydrogen-bond donors (Lipinski definition) is 1. The van der Waals surface area contributed by atoms with Crippen LogP contribution in [0, 0.1) is 5.92 Å². The Morgan fingerprint density at radius 1 is 1.09 bits per heavy atom. The van der Waals surface area contributed by atoms with Crippen molar-refractivity contribution in [2.45, 2.75) is 66.9 Å². The van der Waals surface area contributed by atoms with Gasteiger partial charge < -0.3 is 19.6 Å². The van der Waals surface area contributed by atoms with E-state index in [0.717, 1.165) is 72.4 Å². The molecule has 1 atom stereocenters. The molecule has 2 aliphatic heterocycles. The third-order valence-electron chi connectivity index (χ3n) is 6.62. The fraction of sp³-hybridized carbons (Fsp3) is 0.538. The highest BCUT2D eigenvalue weighted by molar-refractivity contribution is 8.00. The number of hydrogen-bond acceptors (Lipinski definition) is 7. The zero-order valence-electron chi connectivity index (χ0n) is 20.5. The largest absolute Gasteiger partial charge is 0.491 e. The lowest BCUT2D eigenvalue weighted by Crippen LogP contribution is -2.38. The minimum atomic E-state index is -3.35. The molecular weight excluding hydrogens is 468 g/mol. The summed E-state index contributed by atoms with van der Waals surface area (Å²) in [6.45, 7) is 9.72. The van der Waals surface area contributed by atoms with E-state index in [1.165, 1.54) is 18.0 Å². The summed E-state index contributed by atoms with van der Waals surface area (Å²) in [6.07, 6.45) is 4.17. The molecule has 0 saturated carbocycles. The number of rotatable bonds is 8. The lowest BCUT2D eigenvalue weighted by atomic mass is 9.92. The molecule has 0 aliphatic carbocycles. The maximum Gasteiger partial charge on any atom is 0.176 e. The summed E-state index contributed by atoms with van der Waals surface area (Å²) in [6, 6.07) is 11.6. The molecule has 34 heavy (non-hydrogen) atoms. The van der Waals surface area contributed by atoms with Crippen molar-refractivity contribution in [3.05, 3.63) is 36.4 Å². The normalized spacial score (nSPS) is 18.0. The summed E-state index contributed by atoms with van der Waals surface area (Å²) in [5.41, 5.74) is 2.00. The molecule has 0 spiro atoms. The molecule has 1 saturated heterocycles. The maximum absolute atomic E-state index is 12.5. The van der Waals surface area contributed by atoms with E-state index in [2.05, 4.69) is 15.9 Å². The van der Waals surface area contributed by atoms with Gasteiger partial charge in [0.1, 0.15) is 5.75 Å². The van der Waals surface area contributed by atoms with Crippen LogP contribution in [0.2, 0.25) is 0 Å². The molecule has 0 amide bonds. The Bertz CT molecular complexity index is 1110. The minimum Gasteiger partial charge on any atom is -0.491 e. The lowest BCUT2D eigenvalue weighted by Gasteiger charge is -2.36. The van der Waals surface area contributed by atoms with E-state index < -0.39 is 9.84 Å². The van der Waals surface area contributed by atoms with E-state index in [1.807, 2.05) is 45.0 Å². The van der Waals surface area contributed by atoms with Crippen LogP contribution in [-0.4, -0.2) is 63.1 Å². The van der Waals surface area contributed by atoms with Crippen LogP contribution in [0.3, 0.4) is 0 Å². The Kier molecular flexibility index (Phi) is 7.82. The predicted octanol–water partition coefficient (Wildman–Crippen LogP) is 4.96. The van der Waals surface area contributed by atoms with Gasteiger partial charge in [0, 0.05) is 23.8 Å². The van der Waals surface area contributed by atoms with Crippen LogP contribution in [0.4, 0.5) is 11.4 Å². The van der Waals surface area contributed by atoms with Gasteiger partial charge in [-0.2, -0.15) is 0 Å². The molecule has 2 heterocycles. The Labute approximate surface area is 208 Å². The first-order chi connectivity index (χ1) is 16.1. The molecule has 186 valence electrons. The summed E-state index contributed by atoms with van der Waals surface area (Å²) >= 11 is 1.52. The Hall–Kier alpha value is -1.74. The molecule has 2 aromatic rings. The number of sulfone groups is 1. The zero-order chi connectivity index (χ0) is 24.5. The van der Waals surface area contributed by atoms with Crippen molar-refractivity contribution in [1.82, 2.24) is 4.90 Å². The second-order valence-corrected chi connectivity index (χ2v) is 12.7. The minimum absolute atomic E-state index is 0.0800. The van der Waals surface area contributed by atoms with Gasteiger partial charge in [-0.15, -0.1) is 0 Å². The van der Waals surface area contributed by atoms with E-state index in [0.29, 0.717) is 10.8 Å². The Balaban J connectivity index is 1.58. The van der Waals surface area contributed by atoms with Gasteiger partial charge in [-0.1, -0.05) is 17.8 Å². The number of aliphatic hydroxyl groups is 1. The van der Waals surface area contributed by atoms with E-state index in [-0.39, 0.29) is 12.2 Å². The molecule has 6 nitrogen and oxygen atoms in total. The number of anilines is 2. The van der Waals surface area contributed by atoms with Crippen molar-refractivity contribution in [3.63, 3.8) is 0 Å². The summed E-state index contributed by atoms with van der Waals surface area (Å²) in [4.78, 5) is 6.95. The fourth-order valence-electron chi connectivity index (χ4n) is 4.84. The van der Waals surface area contributed by atoms with Crippen molar-refractivity contribution in [2.75, 3.05) is 37.3 Å². The first kappa shape index (κ1) is 25.4. The van der Waals surface area contributed by atoms with Crippen LogP contribution in [0.5, 0.6) is 5.75 Å². The van der Waals surface area contributed by atoms with E-state index in [9.17, 15) is 13.5 Å². The Morgan fingerprint density at radius 3 is 2.47 bits per heavy atom. The molecule has 8 heteroatoms.